The van der Waals surface area contributed by atoms with Crippen molar-refractivity contribution in [2.24, 2.45) is 0 Å². The average molecular weight is 634 g/mol. The van der Waals surface area contributed by atoms with Crippen LogP contribution in [0.15, 0.2) is 108 Å². The Labute approximate surface area is 263 Å². The largest absolute Gasteiger partial charge is 0.493 e. The molecule has 0 aliphatic rings. The highest BCUT2D eigenvalue weighted by Gasteiger charge is 2.34. The van der Waals surface area contributed by atoms with Crippen molar-refractivity contribution in [2.75, 3.05) is 31.6 Å². The van der Waals surface area contributed by atoms with Crippen LogP contribution in [0.4, 0.5) is 10.1 Å². The van der Waals surface area contributed by atoms with Crippen LogP contribution in [0.5, 0.6) is 11.5 Å². The minimum Gasteiger partial charge on any atom is -0.493 e. The number of anilines is 1. The Bertz CT molecular complexity index is 1690. The first-order chi connectivity index (χ1) is 21.7. The van der Waals surface area contributed by atoms with Crippen LogP contribution in [-0.2, 0) is 32.6 Å². The van der Waals surface area contributed by atoms with Crippen LogP contribution in [0.2, 0.25) is 0 Å². The number of carbonyl (C=O) groups is 2. The number of hydrogen-bond acceptors (Lipinski definition) is 6. The van der Waals surface area contributed by atoms with Gasteiger partial charge in [0.15, 0.2) is 11.5 Å². The lowest BCUT2D eigenvalue weighted by Gasteiger charge is -2.34. The predicted octanol–water partition coefficient (Wildman–Crippen LogP) is 4.81. The quantitative estimate of drug-likeness (QED) is 0.214. The fourth-order valence-corrected chi connectivity index (χ4v) is 6.29. The van der Waals surface area contributed by atoms with E-state index >= 15 is 0 Å². The third-order valence-electron chi connectivity index (χ3n) is 7.15. The molecule has 9 nitrogen and oxygen atoms in total. The van der Waals surface area contributed by atoms with Crippen molar-refractivity contribution >= 4 is 27.5 Å². The zero-order valence-electron chi connectivity index (χ0n) is 25.4. The average Bonchev–Trinajstić information content (AvgIpc) is 3.06. The summed E-state index contributed by atoms with van der Waals surface area (Å²) in [5, 5.41) is 2.81. The van der Waals surface area contributed by atoms with Gasteiger partial charge in [-0.05, 0) is 54.4 Å². The molecular weight excluding hydrogens is 597 g/mol. The van der Waals surface area contributed by atoms with Crippen molar-refractivity contribution in [1.82, 2.24) is 10.2 Å². The molecule has 4 aromatic carbocycles. The highest BCUT2D eigenvalue weighted by Crippen LogP contribution is 2.34. The number of amides is 2. The molecule has 4 aromatic rings. The van der Waals surface area contributed by atoms with Crippen LogP contribution in [0, 0.1) is 5.82 Å². The Morgan fingerprint density at radius 2 is 1.44 bits per heavy atom. The van der Waals surface area contributed by atoms with Gasteiger partial charge in [-0.2, -0.15) is 0 Å². The summed E-state index contributed by atoms with van der Waals surface area (Å²) in [6.07, 6.45) is 0.168. The number of benzene rings is 4. The summed E-state index contributed by atoms with van der Waals surface area (Å²) in [4.78, 5) is 29.3. The Balaban J connectivity index is 1.82. The smallest absolute Gasteiger partial charge is 0.264 e. The first-order valence-corrected chi connectivity index (χ1v) is 15.8. The van der Waals surface area contributed by atoms with E-state index in [0.29, 0.717) is 17.9 Å². The number of rotatable bonds is 14. The van der Waals surface area contributed by atoms with Gasteiger partial charge in [-0.25, -0.2) is 12.8 Å². The second-order valence-electron chi connectivity index (χ2n) is 10.1. The number of ether oxygens (including phenoxy) is 2. The van der Waals surface area contributed by atoms with Crippen molar-refractivity contribution in [2.45, 2.75) is 30.8 Å². The van der Waals surface area contributed by atoms with Crippen molar-refractivity contribution in [3.63, 3.8) is 0 Å². The molecule has 0 aromatic heterocycles. The molecule has 0 bridgehead atoms. The third kappa shape index (κ3) is 8.18. The van der Waals surface area contributed by atoms with Crippen molar-refractivity contribution in [3.8, 4) is 11.5 Å². The highest BCUT2D eigenvalue weighted by atomic mass is 32.2. The predicted molar refractivity (Wildman–Crippen MR) is 170 cm³/mol. The van der Waals surface area contributed by atoms with E-state index in [1.807, 2.05) is 30.3 Å². The van der Waals surface area contributed by atoms with Crippen molar-refractivity contribution in [3.05, 3.63) is 120 Å². The van der Waals surface area contributed by atoms with Crippen molar-refractivity contribution < 1.29 is 31.9 Å². The highest BCUT2D eigenvalue weighted by molar-refractivity contribution is 7.92. The molecule has 0 saturated heterocycles. The molecule has 4 rings (SSSR count). The Morgan fingerprint density at radius 1 is 0.822 bits per heavy atom. The van der Waals surface area contributed by atoms with Gasteiger partial charge in [-0.3, -0.25) is 13.9 Å². The fourth-order valence-electron chi connectivity index (χ4n) is 4.86. The molecule has 0 unspecified atom stereocenters. The SMILES string of the molecule is CCNC(=O)[C@H](Cc1ccccc1)N(Cc1ccc(F)cc1)C(=O)CN(c1ccc(OC)c(OC)c1)S(=O)(=O)c1ccccc1. The Hall–Kier alpha value is -4.90. The zero-order chi connectivity index (χ0) is 32.4. The van der Waals surface area contributed by atoms with Crippen LogP contribution >= 0.6 is 0 Å². The summed E-state index contributed by atoms with van der Waals surface area (Å²) in [7, 11) is -1.40. The van der Waals surface area contributed by atoms with Gasteiger partial charge in [0.05, 0.1) is 24.8 Å². The van der Waals surface area contributed by atoms with E-state index in [1.54, 1.807) is 31.2 Å². The van der Waals surface area contributed by atoms with Crippen LogP contribution in [0.1, 0.15) is 18.1 Å². The summed E-state index contributed by atoms with van der Waals surface area (Å²) in [5.41, 5.74) is 1.53. The molecule has 0 heterocycles. The molecule has 1 atom stereocenters. The van der Waals surface area contributed by atoms with Gasteiger partial charge < -0.3 is 19.7 Å². The van der Waals surface area contributed by atoms with Gasteiger partial charge in [-0.15, -0.1) is 0 Å². The monoisotopic (exact) mass is 633 g/mol. The minimum atomic E-state index is -4.28. The normalized spacial score (nSPS) is 11.7. The molecule has 11 heteroatoms. The number of carbonyl (C=O) groups excluding carboxylic acids is 2. The lowest BCUT2D eigenvalue weighted by Crippen LogP contribution is -2.53. The zero-order valence-corrected chi connectivity index (χ0v) is 26.2. The lowest BCUT2D eigenvalue weighted by molar-refractivity contribution is -0.140. The van der Waals surface area contributed by atoms with Crippen LogP contribution in [-0.4, -0.2) is 58.5 Å². The first-order valence-electron chi connectivity index (χ1n) is 14.3. The standard InChI is InChI=1S/C34H36FN3O6S/c1-4-36-34(40)30(21-25-11-7-5-8-12-25)37(23-26-15-17-27(35)18-16-26)33(39)24-38(45(41,42)29-13-9-6-10-14-29)28-19-20-31(43-2)32(22-28)44-3/h5-20,22,30H,4,21,23-24H2,1-3H3,(H,36,40)/t30-/m0/s1. The number of likely N-dealkylation sites (N-methyl/N-ethyl adjacent to an activating group) is 1. The van der Waals surface area contributed by atoms with Gasteiger partial charge in [0, 0.05) is 25.6 Å². The second-order valence-corrected chi connectivity index (χ2v) is 12.0. The topological polar surface area (TPSA) is 105 Å². The van der Waals surface area contributed by atoms with Gasteiger partial charge in [-0.1, -0.05) is 60.7 Å². The maximum absolute atomic E-state index is 14.4. The number of halogens is 1. The van der Waals surface area contributed by atoms with Crippen LogP contribution in [0.3, 0.4) is 0 Å². The van der Waals surface area contributed by atoms with E-state index in [4.69, 9.17) is 9.47 Å². The van der Waals surface area contributed by atoms with Crippen LogP contribution in [0.25, 0.3) is 0 Å². The summed E-state index contributed by atoms with van der Waals surface area (Å²) >= 11 is 0. The van der Waals surface area contributed by atoms with E-state index in [0.717, 1.165) is 9.87 Å². The van der Waals surface area contributed by atoms with Gasteiger partial charge in [0.25, 0.3) is 10.0 Å². The van der Waals surface area contributed by atoms with E-state index in [2.05, 4.69) is 5.32 Å². The number of sulfonamides is 1. The van der Waals surface area contributed by atoms with E-state index < -0.39 is 40.2 Å². The fraction of sp³-hybridized carbons (Fsp3) is 0.235. The summed E-state index contributed by atoms with van der Waals surface area (Å²) in [5.74, 6) is -0.846. The molecule has 236 valence electrons. The lowest BCUT2D eigenvalue weighted by atomic mass is 10.0. The summed E-state index contributed by atoms with van der Waals surface area (Å²) in [6.45, 7) is 1.38. The number of nitrogens with zero attached hydrogens (tertiary/aromatic N) is 2. The van der Waals surface area contributed by atoms with Gasteiger partial charge >= 0.3 is 0 Å². The van der Waals surface area contributed by atoms with E-state index in [-0.39, 0.29) is 29.3 Å². The maximum Gasteiger partial charge on any atom is 0.264 e. The van der Waals surface area contributed by atoms with E-state index in [9.17, 15) is 22.4 Å². The van der Waals surface area contributed by atoms with Crippen molar-refractivity contribution in [1.29, 1.82) is 0 Å². The number of nitrogens with one attached hydrogen (secondary N) is 1. The van der Waals surface area contributed by atoms with E-state index in [1.165, 1.54) is 67.7 Å². The molecular formula is C34H36FN3O6S. The maximum atomic E-state index is 14.4. The molecule has 45 heavy (non-hydrogen) atoms. The molecule has 0 aliphatic carbocycles. The molecule has 0 spiro atoms. The summed E-state index contributed by atoms with van der Waals surface area (Å²) in [6, 6.07) is 26.1. The van der Waals surface area contributed by atoms with Gasteiger partial charge in [0.2, 0.25) is 11.8 Å². The Morgan fingerprint density at radius 3 is 2.04 bits per heavy atom. The number of methoxy groups -OCH3 is 2. The minimum absolute atomic E-state index is 0.0257. The molecule has 0 aliphatic heterocycles. The Kier molecular flexibility index (Phi) is 11.2. The van der Waals surface area contributed by atoms with Crippen LogP contribution < -0.4 is 19.1 Å². The third-order valence-corrected chi connectivity index (χ3v) is 8.94. The molecule has 0 saturated carbocycles. The number of hydrogen-bond donors (Lipinski definition) is 1. The molecule has 1 N–H and O–H groups in total. The molecule has 2 amide bonds. The second kappa shape index (κ2) is 15.2. The molecule has 0 fully saturated rings. The molecule has 0 radical (unpaired) electrons. The first kappa shape index (κ1) is 33.0. The summed E-state index contributed by atoms with van der Waals surface area (Å²) < 4.78 is 53.7. The van der Waals surface area contributed by atoms with Gasteiger partial charge in [0.1, 0.15) is 18.4 Å².